The number of benzene rings is 1. The zero-order chi connectivity index (χ0) is 15.1. The first-order valence-corrected chi connectivity index (χ1v) is 8.32. The minimum absolute atomic E-state index is 0.151. The van der Waals surface area contributed by atoms with Crippen molar-refractivity contribution >= 4 is 15.9 Å². The number of hydrogen-bond donors (Lipinski definition) is 1. The molecule has 1 unspecified atom stereocenters. The van der Waals surface area contributed by atoms with Crippen molar-refractivity contribution in [3.8, 4) is 0 Å². The van der Waals surface area contributed by atoms with Gasteiger partial charge >= 0.3 is 0 Å². The monoisotopic (exact) mass is 343 g/mol. The highest BCUT2D eigenvalue weighted by Gasteiger charge is 2.14. The van der Waals surface area contributed by atoms with Crippen LogP contribution in [0.3, 0.4) is 0 Å². The molecule has 0 radical (unpaired) electrons. The Balaban J connectivity index is 2.65. The molecule has 1 aromatic rings. The molecular weight excluding hydrogens is 317 g/mol. The first kappa shape index (κ1) is 17.6. The van der Waals surface area contributed by atoms with Crippen molar-refractivity contribution in [3.63, 3.8) is 0 Å². The van der Waals surface area contributed by atoms with Crippen LogP contribution in [0.15, 0.2) is 22.7 Å². The van der Waals surface area contributed by atoms with E-state index in [4.69, 9.17) is 0 Å². The summed E-state index contributed by atoms with van der Waals surface area (Å²) in [5.74, 6) is 1.72. The molecule has 0 aliphatic heterocycles. The number of rotatable bonds is 8. The minimum atomic E-state index is -0.151. The van der Waals surface area contributed by atoms with E-state index in [0.717, 1.165) is 36.0 Å². The molecule has 0 saturated heterocycles. The standard InChI is InChI=1S/C17H27BrFN/c1-12(2)7-14(11-20-10-13(3)4)8-15-9-16(19)5-6-17(15)18/h5-6,9,12-14,20H,7-8,10-11H2,1-4H3. The van der Waals surface area contributed by atoms with Gasteiger partial charge in [0.05, 0.1) is 0 Å². The van der Waals surface area contributed by atoms with Crippen LogP contribution in [0.5, 0.6) is 0 Å². The fraction of sp³-hybridized carbons (Fsp3) is 0.647. The molecule has 1 rings (SSSR count). The van der Waals surface area contributed by atoms with Gasteiger partial charge in [-0.15, -0.1) is 0 Å². The first-order valence-electron chi connectivity index (χ1n) is 7.53. The van der Waals surface area contributed by atoms with E-state index in [1.807, 2.05) is 0 Å². The van der Waals surface area contributed by atoms with Gasteiger partial charge in [0.2, 0.25) is 0 Å². The van der Waals surface area contributed by atoms with Crippen LogP contribution in [0.25, 0.3) is 0 Å². The van der Waals surface area contributed by atoms with Crippen LogP contribution >= 0.6 is 15.9 Å². The predicted octanol–water partition coefficient (Wildman–Crippen LogP) is 5.04. The molecule has 0 aliphatic carbocycles. The molecule has 0 aliphatic rings. The molecule has 3 heteroatoms. The summed E-state index contributed by atoms with van der Waals surface area (Å²) in [7, 11) is 0. The van der Waals surface area contributed by atoms with Gasteiger partial charge in [0.1, 0.15) is 5.82 Å². The van der Waals surface area contributed by atoms with Gasteiger partial charge < -0.3 is 5.32 Å². The van der Waals surface area contributed by atoms with Crippen molar-refractivity contribution in [2.45, 2.75) is 40.5 Å². The van der Waals surface area contributed by atoms with Crippen molar-refractivity contribution in [2.24, 2.45) is 17.8 Å². The van der Waals surface area contributed by atoms with Gasteiger partial charge in [-0.2, -0.15) is 0 Å². The molecule has 0 spiro atoms. The Labute approximate surface area is 131 Å². The van der Waals surface area contributed by atoms with Crippen LogP contribution in [0.1, 0.15) is 39.7 Å². The summed E-state index contributed by atoms with van der Waals surface area (Å²) in [6, 6.07) is 4.96. The Hall–Kier alpha value is -0.410. The summed E-state index contributed by atoms with van der Waals surface area (Å²) in [4.78, 5) is 0. The Morgan fingerprint density at radius 2 is 1.80 bits per heavy atom. The lowest BCUT2D eigenvalue weighted by Gasteiger charge is -2.21. The third-order valence-electron chi connectivity index (χ3n) is 3.31. The highest BCUT2D eigenvalue weighted by atomic mass is 79.9. The van der Waals surface area contributed by atoms with Gasteiger partial charge in [-0.3, -0.25) is 0 Å². The van der Waals surface area contributed by atoms with Crippen LogP contribution in [-0.4, -0.2) is 13.1 Å². The van der Waals surface area contributed by atoms with E-state index in [-0.39, 0.29) is 5.82 Å². The van der Waals surface area contributed by atoms with Gasteiger partial charge in [0, 0.05) is 4.47 Å². The van der Waals surface area contributed by atoms with E-state index < -0.39 is 0 Å². The van der Waals surface area contributed by atoms with Gasteiger partial charge in [-0.1, -0.05) is 43.6 Å². The van der Waals surface area contributed by atoms with E-state index in [9.17, 15) is 4.39 Å². The Morgan fingerprint density at radius 3 is 2.40 bits per heavy atom. The van der Waals surface area contributed by atoms with E-state index in [0.29, 0.717) is 17.8 Å². The Kier molecular flexibility index (Phi) is 7.75. The smallest absolute Gasteiger partial charge is 0.123 e. The SMILES string of the molecule is CC(C)CNCC(Cc1cc(F)ccc1Br)CC(C)C. The normalized spacial score (nSPS) is 13.2. The second kappa shape index (κ2) is 8.78. The largest absolute Gasteiger partial charge is 0.316 e. The van der Waals surface area contributed by atoms with Gasteiger partial charge in [-0.05, 0) is 67.4 Å². The molecule has 1 atom stereocenters. The van der Waals surface area contributed by atoms with Crippen LogP contribution < -0.4 is 5.32 Å². The zero-order valence-electron chi connectivity index (χ0n) is 13.0. The van der Waals surface area contributed by atoms with Crippen molar-refractivity contribution < 1.29 is 4.39 Å². The average molecular weight is 344 g/mol. The van der Waals surface area contributed by atoms with Crippen LogP contribution in [0, 0.1) is 23.6 Å². The molecule has 114 valence electrons. The maximum absolute atomic E-state index is 13.4. The molecule has 1 N–H and O–H groups in total. The topological polar surface area (TPSA) is 12.0 Å². The second-order valence-corrected chi connectivity index (χ2v) is 7.34. The summed E-state index contributed by atoms with van der Waals surface area (Å²) in [5.41, 5.74) is 1.07. The highest BCUT2D eigenvalue weighted by Crippen LogP contribution is 2.24. The van der Waals surface area contributed by atoms with Crippen LogP contribution in [0.2, 0.25) is 0 Å². The van der Waals surface area contributed by atoms with Crippen molar-refractivity contribution in [1.29, 1.82) is 0 Å². The summed E-state index contributed by atoms with van der Waals surface area (Å²) >= 11 is 3.53. The molecule has 0 amide bonds. The maximum Gasteiger partial charge on any atom is 0.123 e. The fourth-order valence-corrected chi connectivity index (χ4v) is 2.90. The molecule has 1 aromatic carbocycles. The minimum Gasteiger partial charge on any atom is -0.316 e. The van der Waals surface area contributed by atoms with Crippen LogP contribution in [-0.2, 0) is 6.42 Å². The van der Waals surface area contributed by atoms with Gasteiger partial charge in [0.25, 0.3) is 0 Å². The lowest BCUT2D eigenvalue weighted by Crippen LogP contribution is -2.28. The van der Waals surface area contributed by atoms with Crippen molar-refractivity contribution in [3.05, 3.63) is 34.1 Å². The highest BCUT2D eigenvalue weighted by molar-refractivity contribution is 9.10. The van der Waals surface area contributed by atoms with Crippen molar-refractivity contribution in [1.82, 2.24) is 5.32 Å². The van der Waals surface area contributed by atoms with E-state index in [1.54, 1.807) is 12.1 Å². The zero-order valence-corrected chi connectivity index (χ0v) is 14.6. The molecule has 0 heterocycles. The van der Waals surface area contributed by atoms with E-state index in [2.05, 4.69) is 48.9 Å². The summed E-state index contributed by atoms with van der Waals surface area (Å²) in [6.07, 6.45) is 2.08. The molecule has 1 nitrogen and oxygen atoms in total. The second-order valence-electron chi connectivity index (χ2n) is 6.49. The molecular formula is C17H27BrFN. The molecule has 0 bridgehead atoms. The summed E-state index contributed by atoms with van der Waals surface area (Å²) in [6.45, 7) is 11.0. The fourth-order valence-electron chi connectivity index (χ4n) is 2.49. The molecule has 20 heavy (non-hydrogen) atoms. The molecule has 0 aromatic heterocycles. The predicted molar refractivity (Wildman–Crippen MR) is 88.5 cm³/mol. The quantitative estimate of drug-likeness (QED) is 0.697. The average Bonchev–Trinajstić information content (AvgIpc) is 2.32. The number of halogens is 2. The van der Waals surface area contributed by atoms with Crippen LogP contribution in [0.4, 0.5) is 4.39 Å². The third-order valence-corrected chi connectivity index (χ3v) is 4.08. The Morgan fingerprint density at radius 1 is 1.10 bits per heavy atom. The summed E-state index contributed by atoms with van der Waals surface area (Å²) in [5, 5.41) is 3.54. The van der Waals surface area contributed by atoms with E-state index >= 15 is 0 Å². The molecule has 0 saturated carbocycles. The maximum atomic E-state index is 13.4. The Bertz CT molecular complexity index is 404. The van der Waals surface area contributed by atoms with Gasteiger partial charge in [0.15, 0.2) is 0 Å². The lowest BCUT2D eigenvalue weighted by molar-refractivity contribution is 0.375. The number of nitrogens with one attached hydrogen (secondary N) is 1. The first-order chi connectivity index (χ1) is 9.38. The summed E-state index contributed by atoms with van der Waals surface area (Å²) < 4.78 is 14.4. The lowest BCUT2D eigenvalue weighted by atomic mass is 9.90. The van der Waals surface area contributed by atoms with Gasteiger partial charge in [-0.25, -0.2) is 4.39 Å². The van der Waals surface area contributed by atoms with E-state index in [1.165, 1.54) is 6.07 Å². The van der Waals surface area contributed by atoms with Crippen molar-refractivity contribution in [2.75, 3.05) is 13.1 Å². The number of hydrogen-bond acceptors (Lipinski definition) is 1. The third kappa shape index (κ3) is 6.85. The molecule has 0 fully saturated rings.